The number of alkyl halides is 3. The highest BCUT2D eigenvalue weighted by atomic mass is 19.4. The van der Waals surface area contributed by atoms with Gasteiger partial charge >= 0.3 is 6.18 Å². The monoisotopic (exact) mass is 353 g/mol. The zero-order valence-corrected chi connectivity index (χ0v) is 12.5. The average Bonchev–Trinajstić information content (AvgIpc) is 2.59. The Balaban J connectivity index is 2.25. The van der Waals surface area contributed by atoms with Crippen LogP contribution in [0.15, 0.2) is 53.9 Å². The number of amides is 1. The number of hydrogen-bond donors (Lipinski definition) is 1. The third kappa shape index (κ3) is 5.20. The molecule has 2 aromatic rings. The Bertz CT molecular complexity index is 787. The van der Waals surface area contributed by atoms with Gasteiger partial charge in [0.25, 0.3) is 5.91 Å². The third-order valence-electron chi connectivity index (χ3n) is 3.06. The van der Waals surface area contributed by atoms with E-state index in [1.165, 1.54) is 24.5 Å². The van der Waals surface area contributed by atoms with E-state index in [1.807, 2.05) is 0 Å². The highest BCUT2D eigenvalue weighted by Crippen LogP contribution is 2.19. The van der Waals surface area contributed by atoms with Gasteiger partial charge in [-0.05, 0) is 29.8 Å². The number of hydrazone groups is 1. The van der Waals surface area contributed by atoms with Crippen molar-refractivity contribution in [1.82, 2.24) is 10.4 Å². The Morgan fingerprint density at radius 2 is 1.60 bits per heavy atom. The third-order valence-corrected chi connectivity index (χ3v) is 3.06. The normalized spacial score (nSPS) is 11.9. The first-order valence-electron chi connectivity index (χ1n) is 6.90. The molecule has 9 heteroatoms. The van der Waals surface area contributed by atoms with Crippen molar-refractivity contribution in [3.8, 4) is 0 Å². The van der Waals surface area contributed by atoms with E-state index in [9.17, 15) is 27.2 Å². The van der Waals surface area contributed by atoms with E-state index in [4.69, 9.17) is 0 Å². The number of halogens is 4. The second kappa shape index (κ2) is 7.65. The summed E-state index contributed by atoms with van der Waals surface area (Å²) in [5.41, 5.74) is 1.99. The zero-order chi connectivity index (χ0) is 18.4. The first kappa shape index (κ1) is 18.2. The number of rotatable bonds is 5. The number of pyridine rings is 1. The Morgan fingerprint density at radius 1 is 1.00 bits per heavy atom. The Hall–Kier alpha value is -3.10. The SMILES string of the molecule is O=C(N/N=C(\CC(=O)C(F)(F)F)c1ccc(F)cc1)c1ccncc1. The van der Waals surface area contributed by atoms with E-state index in [2.05, 4.69) is 15.5 Å². The predicted octanol–water partition coefficient (Wildman–Crippen LogP) is 2.88. The van der Waals surface area contributed by atoms with Crippen molar-refractivity contribution in [1.29, 1.82) is 0 Å². The summed E-state index contributed by atoms with van der Waals surface area (Å²) in [6.45, 7) is 0. The highest BCUT2D eigenvalue weighted by Gasteiger charge is 2.38. The fourth-order valence-corrected chi connectivity index (χ4v) is 1.79. The smallest absolute Gasteiger partial charge is 0.289 e. The first-order valence-corrected chi connectivity index (χ1v) is 6.90. The molecule has 1 N–H and O–H groups in total. The lowest BCUT2D eigenvalue weighted by Crippen LogP contribution is -2.27. The number of carbonyl (C=O) groups is 2. The van der Waals surface area contributed by atoms with Crippen LogP contribution in [0.4, 0.5) is 17.6 Å². The largest absolute Gasteiger partial charge is 0.450 e. The van der Waals surface area contributed by atoms with Crippen LogP contribution in [0.2, 0.25) is 0 Å². The van der Waals surface area contributed by atoms with Crippen LogP contribution in [-0.4, -0.2) is 28.6 Å². The molecule has 2 rings (SSSR count). The van der Waals surface area contributed by atoms with Crippen LogP contribution in [0.5, 0.6) is 0 Å². The molecule has 0 atom stereocenters. The number of carbonyl (C=O) groups excluding carboxylic acids is 2. The molecule has 0 aliphatic heterocycles. The molecule has 0 bridgehead atoms. The molecule has 1 aromatic heterocycles. The minimum absolute atomic E-state index is 0.0778. The van der Waals surface area contributed by atoms with Gasteiger partial charge < -0.3 is 0 Å². The van der Waals surface area contributed by atoms with Crippen molar-refractivity contribution in [3.05, 3.63) is 65.7 Å². The number of ketones is 1. The second-order valence-corrected chi connectivity index (χ2v) is 4.84. The van der Waals surface area contributed by atoms with Crippen molar-refractivity contribution in [3.63, 3.8) is 0 Å². The fourth-order valence-electron chi connectivity index (χ4n) is 1.79. The first-order chi connectivity index (χ1) is 11.8. The van der Waals surface area contributed by atoms with Crippen LogP contribution in [-0.2, 0) is 4.79 Å². The van der Waals surface area contributed by atoms with Gasteiger partial charge in [-0.25, -0.2) is 9.82 Å². The molecule has 0 saturated carbocycles. The van der Waals surface area contributed by atoms with Crippen molar-refractivity contribution in [2.75, 3.05) is 0 Å². The van der Waals surface area contributed by atoms with Crippen LogP contribution in [0, 0.1) is 5.82 Å². The van der Waals surface area contributed by atoms with Gasteiger partial charge in [0.15, 0.2) is 0 Å². The number of nitrogens with zero attached hydrogens (tertiary/aromatic N) is 2. The summed E-state index contributed by atoms with van der Waals surface area (Å²) in [7, 11) is 0. The number of hydrogen-bond acceptors (Lipinski definition) is 4. The molecule has 0 spiro atoms. The maximum absolute atomic E-state index is 13.0. The number of Topliss-reactive ketones (excluding diaryl/α,β-unsaturated/α-hetero) is 1. The van der Waals surface area contributed by atoms with E-state index < -0.39 is 30.1 Å². The lowest BCUT2D eigenvalue weighted by atomic mass is 10.0. The highest BCUT2D eigenvalue weighted by molar-refractivity contribution is 6.12. The quantitative estimate of drug-likeness (QED) is 0.510. The molecular weight excluding hydrogens is 342 g/mol. The molecular formula is C16H11F4N3O2. The summed E-state index contributed by atoms with van der Waals surface area (Å²) >= 11 is 0. The number of aromatic nitrogens is 1. The van der Waals surface area contributed by atoms with E-state index >= 15 is 0 Å². The molecule has 5 nitrogen and oxygen atoms in total. The van der Waals surface area contributed by atoms with Crippen LogP contribution < -0.4 is 5.43 Å². The second-order valence-electron chi connectivity index (χ2n) is 4.84. The fraction of sp³-hybridized carbons (Fsp3) is 0.125. The van der Waals surface area contributed by atoms with Crippen LogP contribution >= 0.6 is 0 Å². The van der Waals surface area contributed by atoms with Gasteiger partial charge in [-0.2, -0.15) is 18.3 Å². The van der Waals surface area contributed by atoms with Gasteiger partial charge in [-0.15, -0.1) is 0 Å². The topological polar surface area (TPSA) is 71.4 Å². The van der Waals surface area contributed by atoms with Crippen LogP contribution in [0.3, 0.4) is 0 Å². The minimum Gasteiger partial charge on any atom is -0.289 e. The van der Waals surface area contributed by atoms with Crippen LogP contribution in [0.25, 0.3) is 0 Å². The standard InChI is InChI=1S/C16H11F4N3O2/c17-12-3-1-10(2-4-12)13(9-14(24)16(18,19)20)22-23-15(25)11-5-7-21-8-6-11/h1-8H,9H2,(H,23,25)/b22-13+. The maximum Gasteiger partial charge on any atom is 0.450 e. The molecule has 0 saturated heterocycles. The van der Waals surface area contributed by atoms with Gasteiger partial charge in [0, 0.05) is 18.0 Å². The molecule has 1 heterocycles. The average molecular weight is 353 g/mol. The Morgan fingerprint density at radius 3 is 2.16 bits per heavy atom. The van der Waals surface area contributed by atoms with Gasteiger partial charge in [0.2, 0.25) is 5.78 Å². The molecule has 0 unspecified atom stereocenters. The molecule has 0 radical (unpaired) electrons. The number of benzene rings is 1. The molecule has 130 valence electrons. The molecule has 0 aliphatic carbocycles. The van der Waals surface area contributed by atoms with Crippen molar-refractivity contribution >= 4 is 17.4 Å². The lowest BCUT2D eigenvalue weighted by molar-refractivity contribution is -0.169. The van der Waals surface area contributed by atoms with Crippen molar-refractivity contribution < 1.29 is 27.2 Å². The van der Waals surface area contributed by atoms with Crippen LogP contribution in [0.1, 0.15) is 22.3 Å². The van der Waals surface area contributed by atoms with E-state index in [0.29, 0.717) is 0 Å². The van der Waals surface area contributed by atoms with Gasteiger partial charge in [-0.1, -0.05) is 12.1 Å². The minimum atomic E-state index is -5.05. The summed E-state index contributed by atoms with van der Waals surface area (Å²) < 4.78 is 50.5. The van der Waals surface area contributed by atoms with Gasteiger partial charge in [-0.3, -0.25) is 14.6 Å². The van der Waals surface area contributed by atoms with Crippen molar-refractivity contribution in [2.24, 2.45) is 5.10 Å². The molecule has 25 heavy (non-hydrogen) atoms. The predicted molar refractivity (Wildman–Crippen MR) is 80.3 cm³/mol. The van der Waals surface area contributed by atoms with Crippen molar-refractivity contribution in [2.45, 2.75) is 12.6 Å². The maximum atomic E-state index is 13.0. The van der Waals surface area contributed by atoms with E-state index in [-0.39, 0.29) is 16.8 Å². The summed E-state index contributed by atoms with van der Waals surface area (Å²) in [5, 5.41) is 3.61. The molecule has 1 amide bonds. The number of nitrogens with one attached hydrogen (secondary N) is 1. The van der Waals surface area contributed by atoms with Gasteiger partial charge in [0.05, 0.1) is 12.1 Å². The lowest BCUT2D eigenvalue weighted by Gasteiger charge is -2.09. The summed E-state index contributed by atoms with van der Waals surface area (Å²) in [5.74, 6) is -3.33. The summed E-state index contributed by atoms with van der Waals surface area (Å²) in [6.07, 6.45) is -3.43. The summed E-state index contributed by atoms with van der Waals surface area (Å²) in [6, 6.07) is 7.10. The molecule has 1 aromatic carbocycles. The Labute approximate surface area is 139 Å². The molecule has 0 aliphatic rings. The van der Waals surface area contributed by atoms with E-state index in [1.54, 1.807) is 0 Å². The van der Waals surface area contributed by atoms with E-state index in [0.717, 1.165) is 24.3 Å². The molecule has 0 fully saturated rings. The summed E-state index contributed by atoms with van der Waals surface area (Å²) in [4.78, 5) is 26.9. The Kier molecular flexibility index (Phi) is 5.58. The zero-order valence-electron chi connectivity index (χ0n) is 12.5. The van der Waals surface area contributed by atoms with Gasteiger partial charge in [0.1, 0.15) is 5.82 Å².